The summed E-state index contributed by atoms with van der Waals surface area (Å²) in [5, 5.41) is 12.0. The van der Waals surface area contributed by atoms with Crippen molar-refractivity contribution in [1.82, 2.24) is 0 Å². The molecule has 5 nitrogen and oxygen atoms in total. The van der Waals surface area contributed by atoms with E-state index in [1.165, 1.54) is 0 Å². The molecule has 5 heteroatoms. The summed E-state index contributed by atoms with van der Waals surface area (Å²) in [6.07, 6.45) is 0. The third-order valence-corrected chi connectivity index (χ3v) is 1.60. The summed E-state index contributed by atoms with van der Waals surface area (Å²) in [6.45, 7) is 0. The molecule has 1 aromatic carbocycles. The normalized spacial score (nSPS) is 13.4. The number of para-hydroxylation sites is 1. The molecule has 0 atom stereocenters. The maximum Gasteiger partial charge on any atom is 0.358 e. The third-order valence-electron chi connectivity index (χ3n) is 1.60. The van der Waals surface area contributed by atoms with E-state index in [2.05, 4.69) is 15.0 Å². The average molecular weight is 179 g/mol. The standard InChI is InChI=1S/C8H5NO4/c10-8(11)7-5-3-1-2-4-6(5)12-13-9-7/h1-4H,(H,10,11). The summed E-state index contributed by atoms with van der Waals surface area (Å²) in [4.78, 5) is 19.6. The van der Waals surface area contributed by atoms with Crippen molar-refractivity contribution in [3.63, 3.8) is 0 Å². The molecular formula is C8H5NO4. The molecule has 13 heavy (non-hydrogen) atoms. The molecule has 0 aliphatic carbocycles. The van der Waals surface area contributed by atoms with Crippen LogP contribution in [-0.4, -0.2) is 16.8 Å². The Kier molecular flexibility index (Phi) is 1.63. The smallest absolute Gasteiger partial charge is 0.358 e. The zero-order chi connectivity index (χ0) is 9.26. The molecule has 1 aliphatic heterocycles. The highest BCUT2D eigenvalue weighted by molar-refractivity contribution is 6.43. The lowest BCUT2D eigenvalue weighted by Crippen LogP contribution is -2.19. The van der Waals surface area contributed by atoms with Crippen LogP contribution in [-0.2, 0) is 9.78 Å². The summed E-state index contributed by atoms with van der Waals surface area (Å²) in [5.74, 6) is -0.786. The lowest BCUT2D eigenvalue weighted by molar-refractivity contribution is -0.211. The number of carbonyl (C=O) groups is 1. The van der Waals surface area contributed by atoms with Gasteiger partial charge < -0.3 is 5.11 Å². The summed E-state index contributed by atoms with van der Waals surface area (Å²) in [5.41, 5.74) is 0.267. The maximum absolute atomic E-state index is 10.7. The zero-order valence-electron chi connectivity index (χ0n) is 6.43. The summed E-state index contributed by atoms with van der Waals surface area (Å²) in [7, 11) is 0. The van der Waals surface area contributed by atoms with E-state index in [-0.39, 0.29) is 5.71 Å². The fourth-order valence-electron chi connectivity index (χ4n) is 1.03. The van der Waals surface area contributed by atoms with Crippen LogP contribution in [0.5, 0.6) is 5.75 Å². The van der Waals surface area contributed by atoms with Gasteiger partial charge in [-0.3, -0.25) is 4.89 Å². The van der Waals surface area contributed by atoms with Crippen LogP contribution in [0.15, 0.2) is 29.4 Å². The quantitative estimate of drug-likeness (QED) is 0.647. The number of carboxylic acids is 1. The first-order valence-electron chi connectivity index (χ1n) is 3.53. The van der Waals surface area contributed by atoms with Gasteiger partial charge in [-0.2, -0.15) is 4.99 Å². The van der Waals surface area contributed by atoms with E-state index in [9.17, 15) is 4.79 Å². The Hall–Kier alpha value is -2.04. The van der Waals surface area contributed by atoms with Crippen molar-refractivity contribution in [2.45, 2.75) is 0 Å². The van der Waals surface area contributed by atoms with Gasteiger partial charge in [0.1, 0.15) is 0 Å². The van der Waals surface area contributed by atoms with Crippen molar-refractivity contribution in [2.24, 2.45) is 5.16 Å². The second kappa shape index (κ2) is 2.78. The van der Waals surface area contributed by atoms with Gasteiger partial charge in [-0.1, -0.05) is 12.1 Å². The number of nitrogens with zero attached hydrogens (tertiary/aromatic N) is 1. The number of oxime groups is 1. The van der Waals surface area contributed by atoms with Crippen LogP contribution >= 0.6 is 0 Å². The molecule has 0 unspecified atom stereocenters. The van der Waals surface area contributed by atoms with E-state index in [0.29, 0.717) is 11.3 Å². The number of rotatable bonds is 1. The minimum atomic E-state index is -1.14. The number of hydrogen-bond donors (Lipinski definition) is 1. The molecule has 2 rings (SSSR count). The van der Waals surface area contributed by atoms with Gasteiger partial charge in [0.15, 0.2) is 5.75 Å². The van der Waals surface area contributed by atoms with Gasteiger partial charge in [-0.25, -0.2) is 4.79 Å². The van der Waals surface area contributed by atoms with E-state index in [0.717, 1.165) is 0 Å². The van der Waals surface area contributed by atoms with Crippen LogP contribution in [0.1, 0.15) is 5.56 Å². The molecule has 0 saturated carbocycles. The van der Waals surface area contributed by atoms with Crippen LogP contribution in [0.25, 0.3) is 0 Å². The van der Waals surface area contributed by atoms with Crippen molar-refractivity contribution in [2.75, 3.05) is 0 Å². The third kappa shape index (κ3) is 1.20. The second-order valence-electron chi connectivity index (χ2n) is 2.40. The molecule has 0 spiro atoms. The fourth-order valence-corrected chi connectivity index (χ4v) is 1.03. The van der Waals surface area contributed by atoms with Crippen LogP contribution < -0.4 is 4.89 Å². The van der Waals surface area contributed by atoms with Crippen molar-refractivity contribution >= 4 is 11.7 Å². The highest BCUT2D eigenvalue weighted by Gasteiger charge is 2.22. The average Bonchev–Trinajstić information content (AvgIpc) is 2.17. The van der Waals surface area contributed by atoms with Crippen LogP contribution in [0, 0.1) is 0 Å². The number of benzene rings is 1. The Bertz CT molecular complexity index is 385. The van der Waals surface area contributed by atoms with Crippen LogP contribution in [0.4, 0.5) is 0 Å². The van der Waals surface area contributed by atoms with Crippen LogP contribution in [0.3, 0.4) is 0 Å². The number of aliphatic carboxylic acids is 1. The van der Waals surface area contributed by atoms with Crippen molar-refractivity contribution in [3.05, 3.63) is 29.8 Å². The highest BCUT2D eigenvalue weighted by Crippen LogP contribution is 2.22. The van der Waals surface area contributed by atoms with Gasteiger partial charge in [-0.05, 0) is 17.3 Å². The minimum absolute atomic E-state index is 0.151. The van der Waals surface area contributed by atoms with E-state index in [4.69, 9.17) is 5.11 Å². The molecule has 1 aliphatic rings. The Balaban J connectivity index is 2.53. The zero-order valence-corrected chi connectivity index (χ0v) is 6.43. The first-order chi connectivity index (χ1) is 6.29. The highest BCUT2D eigenvalue weighted by atomic mass is 17.3. The van der Waals surface area contributed by atoms with Gasteiger partial charge in [0.2, 0.25) is 5.71 Å². The molecule has 1 aromatic rings. The Labute approximate surface area is 73.1 Å². The predicted molar refractivity (Wildman–Crippen MR) is 42.3 cm³/mol. The maximum atomic E-state index is 10.7. The van der Waals surface area contributed by atoms with E-state index in [1.807, 2.05) is 0 Å². The van der Waals surface area contributed by atoms with Gasteiger partial charge in [-0.15, -0.1) is 0 Å². The molecular weight excluding hydrogens is 174 g/mol. The topological polar surface area (TPSA) is 68.1 Å². The molecule has 1 heterocycles. The molecule has 66 valence electrons. The van der Waals surface area contributed by atoms with Crippen molar-refractivity contribution in [3.8, 4) is 5.75 Å². The molecule has 0 fully saturated rings. The number of fused-ring (bicyclic) bond motifs is 1. The Morgan fingerprint density at radius 1 is 1.38 bits per heavy atom. The van der Waals surface area contributed by atoms with Gasteiger partial charge in [0.05, 0.1) is 5.56 Å². The van der Waals surface area contributed by atoms with E-state index < -0.39 is 5.97 Å². The predicted octanol–water partition coefficient (Wildman–Crippen LogP) is 0.799. The number of carboxylic acid groups (broad SMARTS) is 1. The molecule has 0 bridgehead atoms. The Morgan fingerprint density at radius 2 is 2.15 bits per heavy atom. The summed E-state index contributed by atoms with van der Waals surface area (Å²) in [6, 6.07) is 6.62. The molecule has 0 amide bonds. The fraction of sp³-hybridized carbons (Fsp3) is 0. The molecule has 0 aromatic heterocycles. The van der Waals surface area contributed by atoms with Crippen molar-refractivity contribution in [1.29, 1.82) is 0 Å². The molecule has 0 radical (unpaired) electrons. The van der Waals surface area contributed by atoms with Crippen molar-refractivity contribution < 1.29 is 19.8 Å². The minimum Gasteiger partial charge on any atom is -0.476 e. The number of hydrogen-bond acceptors (Lipinski definition) is 4. The summed E-state index contributed by atoms with van der Waals surface area (Å²) < 4.78 is 0. The lowest BCUT2D eigenvalue weighted by Gasteiger charge is -2.11. The first kappa shape index (κ1) is 7.60. The van der Waals surface area contributed by atoms with Gasteiger partial charge >= 0.3 is 5.97 Å². The van der Waals surface area contributed by atoms with Gasteiger partial charge in [0.25, 0.3) is 0 Å². The first-order valence-corrected chi connectivity index (χ1v) is 3.53. The van der Waals surface area contributed by atoms with E-state index >= 15 is 0 Å². The van der Waals surface area contributed by atoms with E-state index in [1.54, 1.807) is 24.3 Å². The lowest BCUT2D eigenvalue weighted by atomic mass is 10.1. The largest absolute Gasteiger partial charge is 0.476 e. The monoisotopic (exact) mass is 179 g/mol. The summed E-state index contributed by atoms with van der Waals surface area (Å²) >= 11 is 0. The van der Waals surface area contributed by atoms with Gasteiger partial charge in [0, 0.05) is 0 Å². The molecule has 1 N–H and O–H groups in total. The SMILES string of the molecule is O=C(O)C1=NOOc2ccccc21. The van der Waals surface area contributed by atoms with Crippen LogP contribution in [0.2, 0.25) is 0 Å². The molecule has 0 saturated heterocycles. The Morgan fingerprint density at radius 3 is 2.92 bits per heavy atom. The second-order valence-corrected chi connectivity index (χ2v) is 2.40.